The number of hydrogen-bond acceptors (Lipinski definition) is 6. The van der Waals surface area contributed by atoms with Crippen molar-refractivity contribution >= 4 is 38.5 Å². The van der Waals surface area contributed by atoms with Gasteiger partial charge >= 0.3 is 0 Å². The molecule has 1 aromatic carbocycles. The summed E-state index contributed by atoms with van der Waals surface area (Å²) in [6.07, 6.45) is 3.58. The lowest BCUT2D eigenvalue weighted by molar-refractivity contribution is -0.118. The van der Waals surface area contributed by atoms with E-state index in [4.69, 9.17) is 9.15 Å². The minimum Gasteiger partial charge on any atom is -0.459 e. The van der Waals surface area contributed by atoms with E-state index in [-0.39, 0.29) is 36.6 Å². The number of furan rings is 1. The maximum atomic E-state index is 12.9. The molecule has 0 spiro atoms. The molecule has 146 valence electrons. The largest absolute Gasteiger partial charge is 0.459 e. The highest BCUT2D eigenvalue weighted by Crippen LogP contribution is 2.30. The molecule has 1 atom stereocenters. The fourth-order valence-corrected chi connectivity index (χ4v) is 4.16. The van der Waals surface area contributed by atoms with Crippen LogP contribution in [0.5, 0.6) is 0 Å². The molecule has 0 unspecified atom stereocenters. The normalized spacial score (nSPS) is 16.4. The van der Waals surface area contributed by atoms with Crippen LogP contribution in [0.4, 0.5) is 5.13 Å². The molecule has 1 fully saturated rings. The second-order valence-electron chi connectivity index (χ2n) is 6.59. The summed E-state index contributed by atoms with van der Waals surface area (Å²) >= 11 is 1.49. The minimum absolute atomic E-state index is 0.0219. The molecule has 7 nitrogen and oxygen atoms in total. The van der Waals surface area contributed by atoms with Crippen molar-refractivity contribution in [1.29, 1.82) is 0 Å². The summed E-state index contributed by atoms with van der Waals surface area (Å²) in [5.74, 6) is -0.187. The third-order valence-electron chi connectivity index (χ3n) is 4.59. The molecule has 1 aliphatic heterocycles. The van der Waals surface area contributed by atoms with Crippen LogP contribution in [0, 0.1) is 0 Å². The zero-order valence-electron chi connectivity index (χ0n) is 15.3. The summed E-state index contributed by atoms with van der Waals surface area (Å²) in [6, 6.07) is 11.1. The van der Waals surface area contributed by atoms with Gasteiger partial charge in [-0.1, -0.05) is 23.5 Å². The van der Waals surface area contributed by atoms with Crippen LogP contribution >= 0.6 is 11.3 Å². The summed E-state index contributed by atoms with van der Waals surface area (Å²) in [5, 5.41) is 3.38. The summed E-state index contributed by atoms with van der Waals surface area (Å²) < 4.78 is 11.8. The van der Waals surface area contributed by atoms with Crippen LogP contribution in [-0.4, -0.2) is 42.6 Å². The van der Waals surface area contributed by atoms with E-state index in [1.807, 2.05) is 24.3 Å². The molecule has 1 saturated heterocycles. The topological polar surface area (TPSA) is 84.7 Å². The molecule has 1 aliphatic rings. The molecule has 3 aromatic rings. The van der Waals surface area contributed by atoms with Gasteiger partial charge in [0, 0.05) is 19.6 Å². The minimum atomic E-state index is -0.330. The number of benzene rings is 1. The first kappa shape index (κ1) is 18.6. The van der Waals surface area contributed by atoms with Crippen molar-refractivity contribution in [2.45, 2.75) is 25.4 Å². The smallest absolute Gasteiger partial charge is 0.286 e. The van der Waals surface area contributed by atoms with Crippen molar-refractivity contribution in [2.75, 3.05) is 24.6 Å². The molecule has 8 heteroatoms. The van der Waals surface area contributed by atoms with E-state index in [1.54, 1.807) is 17.0 Å². The summed E-state index contributed by atoms with van der Waals surface area (Å²) in [6.45, 7) is 1.43. The Bertz CT molecular complexity index is 914. The van der Waals surface area contributed by atoms with E-state index in [0.29, 0.717) is 11.7 Å². The van der Waals surface area contributed by atoms with Gasteiger partial charge in [0.25, 0.3) is 5.91 Å². The molecule has 28 heavy (non-hydrogen) atoms. The van der Waals surface area contributed by atoms with E-state index in [0.717, 1.165) is 29.7 Å². The Balaban J connectivity index is 1.44. The second-order valence-corrected chi connectivity index (χ2v) is 7.60. The van der Waals surface area contributed by atoms with E-state index < -0.39 is 0 Å². The van der Waals surface area contributed by atoms with Crippen molar-refractivity contribution in [3.8, 4) is 0 Å². The van der Waals surface area contributed by atoms with Gasteiger partial charge in [0.2, 0.25) is 5.91 Å². The number of para-hydroxylation sites is 1. The third kappa shape index (κ3) is 4.23. The zero-order chi connectivity index (χ0) is 19.3. The van der Waals surface area contributed by atoms with Gasteiger partial charge in [-0.25, -0.2) is 4.98 Å². The van der Waals surface area contributed by atoms with Gasteiger partial charge in [-0.15, -0.1) is 0 Å². The fourth-order valence-electron chi connectivity index (χ4n) is 3.17. The van der Waals surface area contributed by atoms with Crippen LogP contribution in [0.15, 0.2) is 47.1 Å². The Morgan fingerprint density at radius 1 is 1.25 bits per heavy atom. The number of thiazole rings is 1. The number of rotatable bonds is 7. The Hall–Kier alpha value is -2.71. The van der Waals surface area contributed by atoms with Crippen LogP contribution in [0.1, 0.15) is 29.8 Å². The lowest BCUT2D eigenvalue weighted by Crippen LogP contribution is -2.39. The molecule has 2 aromatic heterocycles. The van der Waals surface area contributed by atoms with E-state index in [1.165, 1.54) is 17.6 Å². The number of nitrogens with zero attached hydrogens (tertiary/aromatic N) is 2. The van der Waals surface area contributed by atoms with Gasteiger partial charge in [-0.3, -0.25) is 14.5 Å². The molecule has 0 aliphatic carbocycles. The average molecular weight is 399 g/mol. The third-order valence-corrected chi connectivity index (χ3v) is 5.65. The zero-order valence-corrected chi connectivity index (χ0v) is 16.1. The second kappa shape index (κ2) is 8.53. The summed E-state index contributed by atoms with van der Waals surface area (Å²) in [5.41, 5.74) is 0.874. The number of anilines is 1. The SMILES string of the molecule is O=C(NCCC(=O)N(C[C@H]1CCCO1)c1nc2ccccc2s1)c1ccco1. The quantitative estimate of drug-likeness (QED) is 0.659. The molecule has 3 heterocycles. The predicted molar refractivity (Wildman–Crippen MR) is 107 cm³/mol. The summed E-state index contributed by atoms with van der Waals surface area (Å²) in [4.78, 5) is 31.2. The van der Waals surface area contributed by atoms with Gasteiger partial charge in [-0.2, -0.15) is 0 Å². The van der Waals surface area contributed by atoms with Crippen LogP contribution in [-0.2, 0) is 9.53 Å². The first-order valence-electron chi connectivity index (χ1n) is 9.30. The Labute approximate surface area is 166 Å². The fraction of sp³-hybridized carbons (Fsp3) is 0.350. The van der Waals surface area contributed by atoms with Gasteiger partial charge in [0.1, 0.15) is 0 Å². The highest BCUT2D eigenvalue weighted by Gasteiger charge is 2.26. The highest BCUT2D eigenvalue weighted by molar-refractivity contribution is 7.22. The molecular weight excluding hydrogens is 378 g/mol. The van der Waals surface area contributed by atoms with Crippen LogP contribution in [0.25, 0.3) is 10.2 Å². The Morgan fingerprint density at radius 3 is 2.89 bits per heavy atom. The number of carbonyl (C=O) groups excluding carboxylic acids is 2. The Morgan fingerprint density at radius 2 is 2.14 bits per heavy atom. The highest BCUT2D eigenvalue weighted by atomic mass is 32.1. The first-order chi connectivity index (χ1) is 13.7. The van der Waals surface area contributed by atoms with E-state index in [9.17, 15) is 9.59 Å². The molecule has 2 amide bonds. The molecular formula is C20H21N3O4S. The number of nitrogens with one attached hydrogen (secondary N) is 1. The van der Waals surface area contributed by atoms with E-state index in [2.05, 4.69) is 10.3 Å². The average Bonchev–Trinajstić information content (AvgIpc) is 3.47. The number of carbonyl (C=O) groups is 2. The number of fused-ring (bicyclic) bond motifs is 1. The van der Waals surface area contributed by atoms with Gasteiger partial charge in [0.15, 0.2) is 10.9 Å². The van der Waals surface area contributed by atoms with Crippen LogP contribution in [0.2, 0.25) is 0 Å². The predicted octanol–water partition coefficient (Wildman–Crippen LogP) is 3.22. The molecule has 0 saturated carbocycles. The molecule has 1 N–H and O–H groups in total. The standard InChI is InChI=1S/C20H21N3O4S/c24-18(9-10-21-19(25)16-7-4-12-27-16)23(13-14-5-3-11-26-14)20-22-15-6-1-2-8-17(15)28-20/h1-2,4,6-8,12,14H,3,5,9-11,13H2,(H,21,25)/t14-/m1/s1. The van der Waals surface area contributed by atoms with Gasteiger partial charge in [0.05, 0.1) is 29.1 Å². The van der Waals surface area contributed by atoms with Gasteiger partial charge < -0.3 is 14.5 Å². The number of hydrogen-bond donors (Lipinski definition) is 1. The lowest BCUT2D eigenvalue weighted by Gasteiger charge is -2.23. The van der Waals surface area contributed by atoms with Crippen molar-refractivity contribution in [1.82, 2.24) is 10.3 Å². The maximum Gasteiger partial charge on any atom is 0.286 e. The van der Waals surface area contributed by atoms with Crippen LogP contribution < -0.4 is 10.2 Å². The van der Waals surface area contributed by atoms with Crippen molar-refractivity contribution in [2.24, 2.45) is 0 Å². The summed E-state index contributed by atoms with van der Waals surface area (Å²) in [7, 11) is 0. The lowest BCUT2D eigenvalue weighted by atomic mass is 10.2. The molecule has 4 rings (SSSR count). The monoisotopic (exact) mass is 399 g/mol. The number of aromatic nitrogens is 1. The molecule has 0 radical (unpaired) electrons. The van der Waals surface area contributed by atoms with E-state index >= 15 is 0 Å². The Kier molecular flexibility index (Phi) is 5.68. The van der Waals surface area contributed by atoms with Crippen molar-refractivity contribution in [3.63, 3.8) is 0 Å². The molecule has 0 bridgehead atoms. The van der Waals surface area contributed by atoms with Crippen molar-refractivity contribution in [3.05, 3.63) is 48.4 Å². The number of amides is 2. The van der Waals surface area contributed by atoms with Crippen LogP contribution in [0.3, 0.4) is 0 Å². The number of ether oxygens (including phenoxy) is 1. The van der Waals surface area contributed by atoms with Crippen molar-refractivity contribution < 1.29 is 18.7 Å². The first-order valence-corrected chi connectivity index (χ1v) is 10.1. The van der Waals surface area contributed by atoms with Gasteiger partial charge in [-0.05, 0) is 37.1 Å². The maximum absolute atomic E-state index is 12.9.